The number of ether oxygens (including phenoxy) is 2. The van der Waals surface area contributed by atoms with Gasteiger partial charge in [-0.25, -0.2) is 0 Å². The lowest BCUT2D eigenvalue weighted by atomic mass is 9.98. The molecule has 148 valence electrons. The van der Waals surface area contributed by atoms with E-state index < -0.39 is 0 Å². The maximum atomic E-state index is 12.6. The zero-order chi connectivity index (χ0) is 19.3. The summed E-state index contributed by atoms with van der Waals surface area (Å²) in [5.41, 5.74) is 2.46. The van der Waals surface area contributed by atoms with Gasteiger partial charge in [-0.1, -0.05) is 30.3 Å². The minimum atomic E-state index is 0.253. The van der Waals surface area contributed by atoms with Gasteiger partial charge in [0.05, 0.1) is 13.7 Å². The van der Waals surface area contributed by atoms with Crippen LogP contribution in [0.25, 0.3) is 0 Å². The van der Waals surface area contributed by atoms with Gasteiger partial charge < -0.3 is 14.4 Å². The molecule has 0 spiro atoms. The summed E-state index contributed by atoms with van der Waals surface area (Å²) in [7, 11) is 1.66. The van der Waals surface area contributed by atoms with Crippen molar-refractivity contribution in [3.63, 3.8) is 0 Å². The Morgan fingerprint density at radius 2 is 1.82 bits per heavy atom. The first-order chi connectivity index (χ1) is 13.7. The average molecular weight is 380 g/mol. The van der Waals surface area contributed by atoms with Crippen LogP contribution in [-0.2, 0) is 11.2 Å². The Hall–Kier alpha value is -2.53. The van der Waals surface area contributed by atoms with E-state index in [-0.39, 0.29) is 5.91 Å². The molecule has 0 N–H and O–H groups in total. The number of para-hydroxylation sites is 1. The number of amides is 1. The standard InChI is InChI=1S/C23H28N2O3/c1-27-19-9-6-18(7-10-19)8-11-23(26)25-15-13-24(14-16-25)21-12-17-28-22-5-3-2-4-20(21)22/h2-7,9-10,21H,8,11-17H2,1H3. The van der Waals surface area contributed by atoms with Gasteiger partial charge in [0.1, 0.15) is 11.5 Å². The molecule has 0 saturated carbocycles. The lowest BCUT2D eigenvalue weighted by molar-refractivity contribution is -0.133. The Balaban J connectivity index is 1.28. The van der Waals surface area contributed by atoms with Crippen LogP contribution in [0.5, 0.6) is 11.5 Å². The Kier molecular flexibility index (Phi) is 5.81. The van der Waals surface area contributed by atoms with Gasteiger partial charge in [-0.3, -0.25) is 9.69 Å². The van der Waals surface area contributed by atoms with Gasteiger partial charge in [-0.2, -0.15) is 0 Å². The predicted octanol–water partition coefficient (Wildman–Crippen LogP) is 3.30. The molecule has 0 bridgehead atoms. The molecule has 5 nitrogen and oxygen atoms in total. The largest absolute Gasteiger partial charge is 0.497 e. The minimum absolute atomic E-state index is 0.253. The summed E-state index contributed by atoms with van der Waals surface area (Å²) in [6.45, 7) is 4.23. The van der Waals surface area contributed by atoms with E-state index in [1.54, 1.807) is 7.11 Å². The second-order valence-corrected chi connectivity index (χ2v) is 7.46. The molecule has 4 rings (SSSR count). The predicted molar refractivity (Wildman–Crippen MR) is 109 cm³/mol. The molecule has 2 heterocycles. The zero-order valence-electron chi connectivity index (χ0n) is 16.5. The molecule has 2 aromatic rings. The van der Waals surface area contributed by atoms with Crippen molar-refractivity contribution in [3.8, 4) is 11.5 Å². The summed E-state index contributed by atoms with van der Waals surface area (Å²) in [4.78, 5) is 17.2. The van der Waals surface area contributed by atoms with Crippen molar-refractivity contribution in [2.45, 2.75) is 25.3 Å². The third-order valence-electron chi connectivity index (χ3n) is 5.82. The van der Waals surface area contributed by atoms with E-state index in [0.29, 0.717) is 12.5 Å². The van der Waals surface area contributed by atoms with E-state index in [0.717, 1.165) is 57.1 Å². The van der Waals surface area contributed by atoms with Gasteiger partial charge >= 0.3 is 0 Å². The number of piperazine rings is 1. The van der Waals surface area contributed by atoms with Crippen LogP contribution in [0.4, 0.5) is 0 Å². The number of aryl methyl sites for hydroxylation is 1. The zero-order valence-corrected chi connectivity index (χ0v) is 16.5. The molecule has 2 aliphatic rings. The van der Waals surface area contributed by atoms with Gasteiger partial charge in [0.25, 0.3) is 0 Å². The maximum Gasteiger partial charge on any atom is 0.222 e. The highest BCUT2D eigenvalue weighted by Gasteiger charge is 2.30. The van der Waals surface area contributed by atoms with E-state index in [1.165, 1.54) is 11.1 Å². The lowest BCUT2D eigenvalue weighted by Gasteiger charge is -2.41. The van der Waals surface area contributed by atoms with Crippen molar-refractivity contribution < 1.29 is 14.3 Å². The summed E-state index contributed by atoms with van der Waals surface area (Å²) < 4.78 is 11.0. The van der Waals surface area contributed by atoms with E-state index in [1.807, 2.05) is 35.2 Å². The molecule has 28 heavy (non-hydrogen) atoms. The number of hydrogen-bond donors (Lipinski definition) is 0. The highest BCUT2D eigenvalue weighted by Crippen LogP contribution is 2.36. The summed E-state index contributed by atoms with van der Waals surface area (Å²) in [6.07, 6.45) is 2.35. The van der Waals surface area contributed by atoms with Crippen molar-refractivity contribution in [2.24, 2.45) is 0 Å². The van der Waals surface area contributed by atoms with Gasteiger partial charge in [-0.05, 0) is 30.2 Å². The monoisotopic (exact) mass is 380 g/mol. The molecule has 2 aliphatic heterocycles. The molecule has 1 unspecified atom stereocenters. The Morgan fingerprint density at radius 3 is 2.57 bits per heavy atom. The Morgan fingerprint density at radius 1 is 1.07 bits per heavy atom. The number of carbonyl (C=O) groups excluding carboxylic acids is 1. The highest BCUT2D eigenvalue weighted by molar-refractivity contribution is 5.76. The molecule has 2 aromatic carbocycles. The maximum absolute atomic E-state index is 12.6. The van der Waals surface area contributed by atoms with Crippen LogP contribution in [0.1, 0.15) is 30.0 Å². The van der Waals surface area contributed by atoms with E-state index >= 15 is 0 Å². The van der Waals surface area contributed by atoms with Crippen LogP contribution < -0.4 is 9.47 Å². The normalized spacial score (nSPS) is 19.6. The number of methoxy groups -OCH3 is 1. The third kappa shape index (κ3) is 4.14. The van der Waals surface area contributed by atoms with Crippen LogP contribution in [0.15, 0.2) is 48.5 Å². The fourth-order valence-corrected chi connectivity index (χ4v) is 4.19. The second kappa shape index (κ2) is 8.65. The Bertz CT molecular complexity index is 798. The SMILES string of the molecule is COc1ccc(CCC(=O)N2CCN(C3CCOc4ccccc43)CC2)cc1. The average Bonchev–Trinajstić information content (AvgIpc) is 2.77. The summed E-state index contributed by atoms with van der Waals surface area (Å²) >= 11 is 0. The van der Waals surface area contributed by atoms with Crippen molar-refractivity contribution in [2.75, 3.05) is 39.9 Å². The van der Waals surface area contributed by atoms with Crippen LogP contribution >= 0.6 is 0 Å². The minimum Gasteiger partial charge on any atom is -0.497 e. The number of hydrogen-bond acceptors (Lipinski definition) is 4. The molecule has 1 atom stereocenters. The van der Waals surface area contributed by atoms with Crippen molar-refractivity contribution in [1.29, 1.82) is 0 Å². The van der Waals surface area contributed by atoms with Crippen LogP contribution in [0, 0.1) is 0 Å². The van der Waals surface area contributed by atoms with Crippen molar-refractivity contribution in [3.05, 3.63) is 59.7 Å². The number of rotatable bonds is 5. The van der Waals surface area contributed by atoms with E-state index in [9.17, 15) is 4.79 Å². The van der Waals surface area contributed by atoms with Crippen LogP contribution in [-0.4, -0.2) is 55.6 Å². The molecule has 0 radical (unpaired) electrons. The van der Waals surface area contributed by atoms with Gasteiger partial charge in [0.2, 0.25) is 5.91 Å². The van der Waals surface area contributed by atoms with Crippen LogP contribution in [0.2, 0.25) is 0 Å². The van der Waals surface area contributed by atoms with Gasteiger partial charge in [0, 0.05) is 50.6 Å². The smallest absolute Gasteiger partial charge is 0.222 e. The molecule has 1 fully saturated rings. The number of benzene rings is 2. The topological polar surface area (TPSA) is 42.0 Å². The van der Waals surface area contributed by atoms with E-state index in [2.05, 4.69) is 23.1 Å². The van der Waals surface area contributed by atoms with E-state index in [4.69, 9.17) is 9.47 Å². The highest BCUT2D eigenvalue weighted by atomic mass is 16.5. The molecular formula is C23H28N2O3. The quantitative estimate of drug-likeness (QED) is 0.798. The first-order valence-corrected chi connectivity index (χ1v) is 10.1. The number of carbonyl (C=O) groups is 1. The van der Waals surface area contributed by atoms with Gasteiger partial charge in [-0.15, -0.1) is 0 Å². The summed E-state index contributed by atoms with van der Waals surface area (Å²) in [5.74, 6) is 2.11. The summed E-state index contributed by atoms with van der Waals surface area (Å²) in [5, 5.41) is 0. The third-order valence-corrected chi connectivity index (χ3v) is 5.82. The molecule has 5 heteroatoms. The van der Waals surface area contributed by atoms with Crippen molar-refractivity contribution >= 4 is 5.91 Å². The fourth-order valence-electron chi connectivity index (χ4n) is 4.19. The fraction of sp³-hybridized carbons (Fsp3) is 0.435. The van der Waals surface area contributed by atoms with Crippen molar-refractivity contribution in [1.82, 2.24) is 9.80 Å². The Labute approximate surface area is 166 Å². The summed E-state index contributed by atoms with van der Waals surface area (Å²) in [6, 6.07) is 16.7. The van der Waals surface area contributed by atoms with Gasteiger partial charge in [0.15, 0.2) is 0 Å². The van der Waals surface area contributed by atoms with Crippen LogP contribution in [0.3, 0.4) is 0 Å². The number of fused-ring (bicyclic) bond motifs is 1. The number of nitrogens with zero attached hydrogens (tertiary/aromatic N) is 2. The molecule has 1 saturated heterocycles. The first kappa shape index (κ1) is 18.8. The first-order valence-electron chi connectivity index (χ1n) is 10.1. The lowest BCUT2D eigenvalue weighted by Crippen LogP contribution is -2.50. The molecule has 1 amide bonds. The molecule has 0 aromatic heterocycles. The second-order valence-electron chi connectivity index (χ2n) is 7.46. The molecular weight excluding hydrogens is 352 g/mol. The molecule has 0 aliphatic carbocycles.